The smallest absolute Gasteiger partial charge is 0.258 e. The van der Waals surface area contributed by atoms with Gasteiger partial charge in [-0.2, -0.15) is 19.6 Å². The Kier molecular flexibility index (Phi) is 5.08. The summed E-state index contributed by atoms with van der Waals surface area (Å²) in [5.74, 6) is 1.24. The number of carbonyl (C=O) groups is 1. The number of carbonyl (C=O) groups excluding carboxylic acids is 1. The maximum absolute atomic E-state index is 10.8. The molecule has 1 aliphatic heterocycles. The largest absolute Gasteiger partial charge is 0.369 e. The lowest BCUT2D eigenvalue weighted by atomic mass is 10.4. The van der Waals surface area contributed by atoms with Crippen molar-refractivity contribution in [2.75, 3.05) is 35.6 Å². The second kappa shape index (κ2) is 7.43. The highest BCUT2D eigenvalue weighted by Crippen LogP contribution is 2.19. The maximum atomic E-state index is 10.8. The highest BCUT2D eigenvalue weighted by molar-refractivity contribution is 7.99. The maximum Gasteiger partial charge on any atom is 0.258 e. The molecule has 11 heteroatoms. The van der Waals surface area contributed by atoms with Crippen molar-refractivity contribution in [2.24, 2.45) is 5.73 Å². The van der Waals surface area contributed by atoms with E-state index in [-0.39, 0.29) is 5.75 Å². The average Bonchev–Trinajstić information content (AvgIpc) is 3.25. The number of thioether (sulfide) groups is 1. The molecule has 128 valence electrons. The summed E-state index contributed by atoms with van der Waals surface area (Å²) in [6.07, 6.45) is 3.78. The van der Waals surface area contributed by atoms with Crippen LogP contribution >= 0.6 is 11.8 Å². The molecule has 24 heavy (non-hydrogen) atoms. The molecular weight excluding hydrogens is 330 g/mol. The first-order chi connectivity index (χ1) is 11.7. The molecule has 0 aliphatic carbocycles. The third kappa shape index (κ3) is 3.91. The number of hydrogen-bond donors (Lipinski definition) is 2. The quantitative estimate of drug-likeness (QED) is 0.667. The second-order valence-electron chi connectivity index (χ2n) is 5.21. The molecule has 3 heterocycles. The van der Waals surface area contributed by atoms with Crippen LogP contribution in [0.1, 0.15) is 19.8 Å². The van der Waals surface area contributed by atoms with E-state index in [0.29, 0.717) is 29.5 Å². The van der Waals surface area contributed by atoms with E-state index in [1.54, 1.807) is 0 Å². The zero-order valence-electron chi connectivity index (χ0n) is 13.3. The molecule has 1 aliphatic rings. The third-order valence-corrected chi connectivity index (χ3v) is 4.23. The summed E-state index contributed by atoms with van der Waals surface area (Å²) in [4.78, 5) is 30.5. The first-order valence-corrected chi connectivity index (χ1v) is 8.72. The lowest BCUT2D eigenvalue weighted by Crippen LogP contribution is -2.22. The van der Waals surface area contributed by atoms with Crippen molar-refractivity contribution >= 4 is 29.6 Å². The Balaban J connectivity index is 1.86. The Bertz CT molecular complexity index is 713. The van der Waals surface area contributed by atoms with Crippen LogP contribution in [0.2, 0.25) is 0 Å². The van der Waals surface area contributed by atoms with Gasteiger partial charge in [-0.25, -0.2) is 4.98 Å². The van der Waals surface area contributed by atoms with Crippen molar-refractivity contribution in [2.45, 2.75) is 24.9 Å². The second-order valence-corrected chi connectivity index (χ2v) is 6.15. The first kappa shape index (κ1) is 16.4. The fourth-order valence-corrected chi connectivity index (χ4v) is 2.84. The lowest BCUT2D eigenvalue weighted by molar-refractivity contribution is -0.115. The minimum absolute atomic E-state index is 0.128. The molecule has 0 radical (unpaired) electrons. The fourth-order valence-electron chi connectivity index (χ4n) is 2.30. The van der Waals surface area contributed by atoms with Crippen LogP contribution in [0.15, 0.2) is 11.5 Å². The molecule has 10 nitrogen and oxygen atoms in total. The summed E-state index contributed by atoms with van der Waals surface area (Å²) >= 11 is 1.17. The van der Waals surface area contributed by atoms with Crippen LogP contribution in [0.3, 0.4) is 0 Å². The molecule has 3 N–H and O–H groups in total. The molecule has 0 saturated carbocycles. The zero-order valence-corrected chi connectivity index (χ0v) is 14.2. The summed E-state index contributed by atoms with van der Waals surface area (Å²) in [7, 11) is 0. The summed E-state index contributed by atoms with van der Waals surface area (Å²) in [5, 5.41) is 7.84. The van der Waals surface area contributed by atoms with Crippen molar-refractivity contribution in [1.82, 2.24) is 29.7 Å². The number of hydrogen-bond acceptors (Lipinski definition) is 9. The van der Waals surface area contributed by atoms with Crippen LogP contribution < -0.4 is 16.0 Å². The van der Waals surface area contributed by atoms with Crippen LogP contribution in [0.25, 0.3) is 5.95 Å². The van der Waals surface area contributed by atoms with Gasteiger partial charge in [0.2, 0.25) is 23.0 Å². The molecule has 0 unspecified atom stereocenters. The van der Waals surface area contributed by atoms with Crippen molar-refractivity contribution in [3.05, 3.63) is 6.33 Å². The van der Waals surface area contributed by atoms with Gasteiger partial charge in [-0.1, -0.05) is 11.8 Å². The number of amides is 1. The molecule has 0 aromatic carbocycles. The number of anilines is 2. The Labute approximate surface area is 143 Å². The Morgan fingerprint density at radius 3 is 2.75 bits per heavy atom. The highest BCUT2D eigenvalue weighted by Gasteiger charge is 2.18. The molecule has 0 spiro atoms. The van der Waals surface area contributed by atoms with Crippen LogP contribution in [-0.2, 0) is 4.79 Å². The number of nitrogens with zero attached hydrogens (tertiary/aromatic N) is 7. The molecule has 2 aromatic heterocycles. The van der Waals surface area contributed by atoms with Gasteiger partial charge in [-0.15, -0.1) is 5.10 Å². The molecule has 1 saturated heterocycles. The summed E-state index contributed by atoms with van der Waals surface area (Å²) < 4.78 is 1.48. The number of nitrogens with two attached hydrogens (primary N) is 1. The molecule has 1 amide bonds. The summed E-state index contributed by atoms with van der Waals surface area (Å²) in [6.45, 7) is 4.56. The van der Waals surface area contributed by atoms with Gasteiger partial charge in [0.15, 0.2) is 0 Å². The minimum Gasteiger partial charge on any atom is -0.369 e. The fraction of sp³-hybridized carbons (Fsp3) is 0.538. The SMILES string of the molecule is CCNc1nc(N2CCCC2)nc(-n2cnc(SCC(N)=O)n2)n1. The molecular formula is C13H19N9OS. The van der Waals surface area contributed by atoms with E-state index in [2.05, 4.69) is 35.3 Å². The Hall–Kier alpha value is -2.43. The summed E-state index contributed by atoms with van der Waals surface area (Å²) in [6, 6.07) is 0. The number of nitrogens with one attached hydrogen (secondary N) is 1. The van der Waals surface area contributed by atoms with Gasteiger partial charge < -0.3 is 16.0 Å². The van der Waals surface area contributed by atoms with E-state index in [1.807, 2.05) is 6.92 Å². The van der Waals surface area contributed by atoms with Gasteiger partial charge in [0.05, 0.1) is 5.75 Å². The van der Waals surface area contributed by atoms with Gasteiger partial charge in [0.1, 0.15) is 6.33 Å². The van der Waals surface area contributed by atoms with Gasteiger partial charge >= 0.3 is 0 Å². The molecule has 0 atom stereocenters. The average molecular weight is 349 g/mol. The van der Waals surface area contributed by atoms with Crippen LogP contribution in [-0.4, -0.2) is 61.0 Å². The van der Waals surface area contributed by atoms with Crippen LogP contribution in [0, 0.1) is 0 Å². The van der Waals surface area contributed by atoms with Crippen molar-refractivity contribution in [1.29, 1.82) is 0 Å². The number of aromatic nitrogens is 6. The van der Waals surface area contributed by atoms with E-state index in [4.69, 9.17) is 5.73 Å². The standard InChI is InChI=1S/C13H19N9OS/c1-2-15-10-17-11(21-5-3-4-6-21)19-12(18-10)22-8-16-13(20-22)24-7-9(14)23/h8H,2-7H2,1H3,(H2,14,23)(H,15,17,18,19). The van der Waals surface area contributed by atoms with Crippen LogP contribution in [0.5, 0.6) is 0 Å². The predicted octanol–water partition coefficient (Wildman–Crippen LogP) is 0.0617. The van der Waals surface area contributed by atoms with E-state index >= 15 is 0 Å². The minimum atomic E-state index is -0.415. The van der Waals surface area contributed by atoms with Gasteiger partial charge in [-0.3, -0.25) is 4.79 Å². The van der Waals surface area contributed by atoms with Crippen molar-refractivity contribution < 1.29 is 4.79 Å². The normalized spacial score (nSPS) is 14.1. The van der Waals surface area contributed by atoms with E-state index in [1.165, 1.54) is 22.8 Å². The van der Waals surface area contributed by atoms with Crippen molar-refractivity contribution in [3.63, 3.8) is 0 Å². The van der Waals surface area contributed by atoms with Gasteiger partial charge in [-0.05, 0) is 19.8 Å². The van der Waals surface area contributed by atoms with Crippen LogP contribution in [0.4, 0.5) is 11.9 Å². The molecule has 2 aromatic rings. The Morgan fingerprint density at radius 2 is 2.04 bits per heavy atom. The first-order valence-electron chi connectivity index (χ1n) is 7.73. The van der Waals surface area contributed by atoms with Gasteiger partial charge in [0, 0.05) is 19.6 Å². The number of rotatable bonds is 7. The molecule has 0 bridgehead atoms. The zero-order chi connectivity index (χ0) is 16.9. The predicted molar refractivity (Wildman–Crippen MR) is 90.3 cm³/mol. The third-order valence-electron chi connectivity index (χ3n) is 3.35. The van der Waals surface area contributed by atoms with E-state index < -0.39 is 5.91 Å². The molecule has 1 fully saturated rings. The monoisotopic (exact) mass is 349 g/mol. The lowest BCUT2D eigenvalue weighted by Gasteiger charge is -2.16. The van der Waals surface area contributed by atoms with Gasteiger partial charge in [0.25, 0.3) is 5.95 Å². The number of primary amides is 1. The molecule has 3 rings (SSSR count). The topological polar surface area (TPSA) is 128 Å². The van der Waals surface area contributed by atoms with E-state index in [9.17, 15) is 4.79 Å². The van der Waals surface area contributed by atoms with Crippen molar-refractivity contribution in [3.8, 4) is 5.95 Å². The highest BCUT2D eigenvalue weighted by atomic mass is 32.2. The Morgan fingerprint density at radius 1 is 1.29 bits per heavy atom. The van der Waals surface area contributed by atoms with E-state index in [0.717, 1.165) is 25.9 Å². The summed E-state index contributed by atoms with van der Waals surface area (Å²) in [5.41, 5.74) is 5.13.